The zero-order valence-electron chi connectivity index (χ0n) is 16.8. The molecule has 3 aromatic rings. The molecule has 0 N–H and O–H groups in total. The molecule has 0 aliphatic carbocycles. The SMILES string of the molecule is COc1ccc(N(Cc2cccc(C(F)(F)F)c2)S(=O)(=O)c2ccccc2)cc1OC. The van der Waals surface area contributed by atoms with E-state index < -0.39 is 21.8 Å². The number of ether oxygens (including phenoxy) is 2. The molecule has 0 atom stereocenters. The summed E-state index contributed by atoms with van der Waals surface area (Å²) in [5, 5.41) is 0. The zero-order chi connectivity index (χ0) is 22.6. The lowest BCUT2D eigenvalue weighted by Gasteiger charge is -2.26. The van der Waals surface area contributed by atoms with Gasteiger partial charge in [-0.25, -0.2) is 8.42 Å². The second kappa shape index (κ2) is 8.89. The molecule has 0 saturated heterocycles. The Kier molecular flexibility index (Phi) is 6.45. The van der Waals surface area contributed by atoms with Gasteiger partial charge in [0.15, 0.2) is 11.5 Å². The third kappa shape index (κ3) is 4.93. The van der Waals surface area contributed by atoms with E-state index in [1.807, 2.05) is 0 Å². The summed E-state index contributed by atoms with van der Waals surface area (Å²) in [5.74, 6) is 0.680. The zero-order valence-corrected chi connectivity index (χ0v) is 17.6. The van der Waals surface area contributed by atoms with Crippen LogP contribution in [0.5, 0.6) is 11.5 Å². The lowest BCUT2D eigenvalue weighted by atomic mass is 10.1. The van der Waals surface area contributed by atoms with Crippen LogP contribution in [0.3, 0.4) is 0 Å². The van der Waals surface area contributed by atoms with Gasteiger partial charge in [0, 0.05) is 6.07 Å². The Balaban J connectivity index is 2.12. The maximum Gasteiger partial charge on any atom is 0.416 e. The molecule has 0 fully saturated rings. The van der Waals surface area contributed by atoms with Crippen LogP contribution in [0.2, 0.25) is 0 Å². The van der Waals surface area contributed by atoms with E-state index in [1.54, 1.807) is 18.2 Å². The molecule has 0 heterocycles. The summed E-state index contributed by atoms with van der Waals surface area (Å²) in [4.78, 5) is 0.0109. The number of anilines is 1. The third-order valence-corrected chi connectivity index (χ3v) is 6.35. The fourth-order valence-corrected chi connectivity index (χ4v) is 4.49. The highest BCUT2D eigenvalue weighted by molar-refractivity contribution is 7.92. The highest BCUT2D eigenvalue weighted by atomic mass is 32.2. The van der Waals surface area contributed by atoms with Gasteiger partial charge in [0.2, 0.25) is 0 Å². The minimum atomic E-state index is -4.54. The fourth-order valence-electron chi connectivity index (χ4n) is 3.03. The number of alkyl halides is 3. The quantitative estimate of drug-likeness (QED) is 0.501. The van der Waals surface area contributed by atoms with Crippen LogP contribution in [0.1, 0.15) is 11.1 Å². The van der Waals surface area contributed by atoms with E-state index in [-0.39, 0.29) is 28.4 Å². The van der Waals surface area contributed by atoms with E-state index in [0.29, 0.717) is 5.75 Å². The predicted octanol–water partition coefficient (Wildman–Crippen LogP) is 5.12. The molecule has 0 aromatic heterocycles. The van der Waals surface area contributed by atoms with Gasteiger partial charge in [-0.05, 0) is 42.0 Å². The van der Waals surface area contributed by atoms with Crippen LogP contribution in [0.25, 0.3) is 0 Å². The molecule has 3 rings (SSSR count). The Morgan fingerprint density at radius 1 is 0.839 bits per heavy atom. The number of hydrogen-bond acceptors (Lipinski definition) is 4. The molecular formula is C22H20F3NO4S. The number of methoxy groups -OCH3 is 2. The van der Waals surface area contributed by atoms with Gasteiger partial charge in [-0.15, -0.1) is 0 Å². The van der Waals surface area contributed by atoms with Crippen LogP contribution in [-0.2, 0) is 22.7 Å². The standard InChI is InChI=1S/C22H20F3NO4S/c1-29-20-12-11-18(14-21(20)30-2)26(31(27,28)19-9-4-3-5-10-19)15-16-7-6-8-17(13-16)22(23,24)25/h3-14H,15H2,1-2H3. The van der Waals surface area contributed by atoms with Crippen molar-refractivity contribution >= 4 is 15.7 Å². The van der Waals surface area contributed by atoms with Gasteiger partial charge in [-0.1, -0.05) is 30.3 Å². The molecule has 0 bridgehead atoms. The predicted molar refractivity (Wildman–Crippen MR) is 111 cm³/mol. The van der Waals surface area contributed by atoms with E-state index in [4.69, 9.17) is 9.47 Å². The van der Waals surface area contributed by atoms with Crippen LogP contribution in [-0.4, -0.2) is 22.6 Å². The molecule has 164 valence electrons. The van der Waals surface area contributed by atoms with E-state index in [0.717, 1.165) is 16.4 Å². The normalized spacial score (nSPS) is 11.8. The van der Waals surface area contributed by atoms with Crippen molar-refractivity contribution in [1.82, 2.24) is 0 Å². The minimum Gasteiger partial charge on any atom is -0.493 e. The molecule has 0 saturated carbocycles. The van der Waals surface area contributed by atoms with E-state index in [2.05, 4.69) is 0 Å². The Bertz CT molecular complexity index is 1150. The molecule has 0 spiro atoms. The van der Waals surface area contributed by atoms with Crippen molar-refractivity contribution in [3.8, 4) is 11.5 Å². The van der Waals surface area contributed by atoms with Crippen molar-refractivity contribution in [2.24, 2.45) is 0 Å². The summed E-state index contributed by atoms with van der Waals surface area (Å²) in [5.41, 5.74) is -0.447. The number of hydrogen-bond donors (Lipinski definition) is 0. The molecule has 0 amide bonds. The van der Waals surface area contributed by atoms with Crippen LogP contribution < -0.4 is 13.8 Å². The molecule has 9 heteroatoms. The van der Waals surface area contributed by atoms with Gasteiger partial charge < -0.3 is 9.47 Å². The summed E-state index contributed by atoms with van der Waals surface area (Å²) >= 11 is 0. The van der Waals surface area contributed by atoms with Crippen molar-refractivity contribution in [3.63, 3.8) is 0 Å². The van der Waals surface area contributed by atoms with Crippen LogP contribution in [0, 0.1) is 0 Å². The number of rotatable bonds is 7. The lowest BCUT2D eigenvalue weighted by molar-refractivity contribution is -0.137. The summed E-state index contributed by atoms with van der Waals surface area (Å²) in [7, 11) is -1.24. The summed E-state index contributed by atoms with van der Waals surface area (Å²) in [6.07, 6.45) is -4.54. The summed E-state index contributed by atoms with van der Waals surface area (Å²) in [6.45, 7) is -0.309. The smallest absolute Gasteiger partial charge is 0.416 e. The maximum absolute atomic E-state index is 13.4. The highest BCUT2D eigenvalue weighted by Gasteiger charge is 2.31. The topological polar surface area (TPSA) is 55.8 Å². The highest BCUT2D eigenvalue weighted by Crippen LogP contribution is 2.35. The van der Waals surface area contributed by atoms with Gasteiger partial charge >= 0.3 is 6.18 Å². The van der Waals surface area contributed by atoms with Gasteiger partial charge in [-0.3, -0.25) is 4.31 Å². The molecular weight excluding hydrogens is 431 g/mol. The summed E-state index contributed by atoms with van der Waals surface area (Å²) < 4.78 is 77.8. The monoisotopic (exact) mass is 451 g/mol. The number of benzene rings is 3. The third-order valence-electron chi connectivity index (χ3n) is 4.57. The number of sulfonamides is 1. The number of halogens is 3. The van der Waals surface area contributed by atoms with Crippen molar-refractivity contribution < 1.29 is 31.1 Å². The fraction of sp³-hybridized carbons (Fsp3) is 0.182. The van der Waals surface area contributed by atoms with Gasteiger partial charge in [0.1, 0.15) is 0 Å². The molecule has 0 radical (unpaired) electrons. The van der Waals surface area contributed by atoms with Gasteiger partial charge in [0.05, 0.1) is 36.9 Å². The number of nitrogens with zero attached hydrogens (tertiary/aromatic N) is 1. The first kappa shape index (κ1) is 22.5. The average molecular weight is 451 g/mol. The van der Waals surface area contributed by atoms with Crippen molar-refractivity contribution in [2.45, 2.75) is 17.6 Å². The van der Waals surface area contributed by atoms with Crippen molar-refractivity contribution in [1.29, 1.82) is 0 Å². The maximum atomic E-state index is 13.4. The minimum absolute atomic E-state index is 0.0109. The molecule has 3 aromatic carbocycles. The first-order valence-corrected chi connectivity index (χ1v) is 10.6. The van der Waals surface area contributed by atoms with Gasteiger partial charge in [-0.2, -0.15) is 13.2 Å². The Labute approximate surface area is 178 Å². The van der Waals surface area contributed by atoms with Crippen molar-refractivity contribution in [3.05, 3.63) is 83.9 Å². The first-order valence-electron chi connectivity index (χ1n) is 9.13. The second-order valence-electron chi connectivity index (χ2n) is 6.56. The summed E-state index contributed by atoms with van der Waals surface area (Å²) in [6, 6.07) is 16.8. The van der Waals surface area contributed by atoms with E-state index in [9.17, 15) is 21.6 Å². The molecule has 0 aliphatic rings. The lowest BCUT2D eigenvalue weighted by Crippen LogP contribution is -2.30. The molecule has 31 heavy (non-hydrogen) atoms. The molecule has 0 aliphatic heterocycles. The van der Waals surface area contributed by atoms with E-state index in [1.165, 1.54) is 56.7 Å². The second-order valence-corrected chi connectivity index (χ2v) is 8.42. The van der Waals surface area contributed by atoms with Gasteiger partial charge in [0.25, 0.3) is 10.0 Å². The largest absolute Gasteiger partial charge is 0.493 e. The first-order chi connectivity index (χ1) is 14.7. The Morgan fingerprint density at radius 2 is 1.52 bits per heavy atom. The molecule has 0 unspecified atom stereocenters. The molecule has 5 nitrogen and oxygen atoms in total. The van der Waals surface area contributed by atoms with Crippen LogP contribution in [0.4, 0.5) is 18.9 Å². The van der Waals surface area contributed by atoms with Crippen LogP contribution in [0.15, 0.2) is 77.7 Å². The Morgan fingerprint density at radius 3 is 2.13 bits per heavy atom. The van der Waals surface area contributed by atoms with E-state index >= 15 is 0 Å². The van der Waals surface area contributed by atoms with Crippen LogP contribution >= 0.6 is 0 Å². The Hall–Kier alpha value is -3.20. The van der Waals surface area contributed by atoms with Crippen molar-refractivity contribution in [2.75, 3.05) is 18.5 Å². The average Bonchev–Trinajstić information content (AvgIpc) is 2.77.